The summed E-state index contributed by atoms with van der Waals surface area (Å²) in [7, 11) is 0. The molecule has 2 aromatic carbocycles. The molecule has 1 heterocycles. The number of esters is 1. The van der Waals surface area contributed by atoms with Crippen LogP contribution in [0.1, 0.15) is 22.3 Å². The van der Waals surface area contributed by atoms with Gasteiger partial charge in [0.25, 0.3) is 11.6 Å². The molecule has 0 aromatic heterocycles. The highest BCUT2D eigenvalue weighted by atomic mass is 32.1. The van der Waals surface area contributed by atoms with Crippen LogP contribution in [0.15, 0.2) is 54.6 Å². The zero-order chi connectivity index (χ0) is 23.8. The van der Waals surface area contributed by atoms with E-state index in [1.54, 1.807) is 0 Å². The summed E-state index contributed by atoms with van der Waals surface area (Å²) < 4.78 is 5.27. The minimum absolute atomic E-state index is 0.102. The maximum absolute atomic E-state index is 12.6. The number of nitrogens with one attached hydrogen (secondary N) is 2. The van der Waals surface area contributed by atoms with Crippen LogP contribution in [0.2, 0.25) is 0 Å². The number of carbonyl (C=O) groups excluding carboxylic acids is 3. The summed E-state index contributed by atoms with van der Waals surface area (Å²) in [6, 6.07) is 14.0. The smallest absolute Gasteiger partial charge is 0.308 e. The van der Waals surface area contributed by atoms with Crippen LogP contribution in [0.3, 0.4) is 0 Å². The number of thiocarbonyl (C=S) groups is 1. The van der Waals surface area contributed by atoms with E-state index in [0.29, 0.717) is 6.42 Å². The molecule has 11 heteroatoms. The van der Waals surface area contributed by atoms with E-state index in [2.05, 4.69) is 10.6 Å². The van der Waals surface area contributed by atoms with Gasteiger partial charge in [0.2, 0.25) is 5.91 Å². The molecule has 3 rings (SSSR count). The molecule has 1 aliphatic heterocycles. The molecule has 2 aromatic rings. The Kier molecular flexibility index (Phi) is 8.03. The van der Waals surface area contributed by atoms with Gasteiger partial charge >= 0.3 is 5.97 Å². The highest BCUT2D eigenvalue weighted by Gasteiger charge is 2.34. The van der Waals surface area contributed by atoms with Gasteiger partial charge in [-0.3, -0.25) is 29.8 Å². The van der Waals surface area contributed by atoms with Crippen LogP contribution in [0.4, 0.5) is 5.69 Å². The molecule has 2 amide bonds. The normalized spacial score (nSPS) is 15.3. The Morgan fingerprint density at radius 3 is 2.61 bits per heavy atom. The Morgan fingerprint density at radius 1 is 1.18 bits per heavy atom. The van der Waals surface area contributed by atoms with Crippen molar-refractivity contribution >= 4 is 40.8 Å². The fraction of sp³-hybridized carbons (Fsp3) is 0.273. The van der Waals surface area contributed by atoms with Crippen LogP contribution in [-0.2, 0) is 20.7 Å². The van der Waals surface area contributed by atoms with Crippen molar-refractivity contribution in [2.75, 3.05) is 19.7 Å². The Balaban J connectivity index is 1.61. The van der Waals surface area contributed by atoms with Crippen LogP contribution < -0.4 is 10.6 Å². The number of ether oxygens (including phenoxy) is 1. The van der Waals surface area contributed by atoms with E-state index in [1.807, 2.05) is 30.3 Å². The predicted molar refractivity (Wildman–Crippen MR) is 122 cm³/mol. The highest BCUT2D eigenvalue weighted by molar-refractivity contribution is 7.80. The number of nitro benzene ring substituents is 1. The molecule has 172 valence electrons. The summed E-state index contributed by atoms with van der Waals surface area (Å²) in [6.45, 7) is 0.680. The second kappa shape index (κ2) is 11.1. The van der Waals surface area contributed by atoms with Crippen LogP contribution in [0, 0.1) is 10.1 Å². The molecule has 0 saturated carbocycles. The molecule has 2 N–H and O–H groups in total. The average molecular weight is 471 g/mol. The van der Waals surface area contributed by atoms with Gasteiger partial charge in [-0.2, -0.15) is 0 Å². The molecule has 1 saturated heterocycles. The summed E-state index contributed by atoms with van der Waals surface area (Å²) in [5.74, 6) is -1.78. The number of carbonyl (C=O) groups is 3. The lowest BCUT2D eigenvalue weighted by atomic mass is 10.1. The van der Waals surface area contributed by atoms with Crippen molar-refractivity contribution in [1.29, 1.82) is 0 Å². The lowest BCUT2D eigenvalue weighted by Gasteiger charge is -2.36. The first-order chi connectivity index (χ1) is 15.9. The van der Waals surface area contributed by atoms with Crippen molar-refractivity contribution in [1.82, 2.24) is 15.5 Å². The van der Waals surface area contributed by atoms with Crippen molar-refractivity contribution in [3.63, 3.8) is 0 Å². The third-order valence-corrected chi connectivity index (χ3v) is 5.35. The van der Waals surface area contributed by atoms with Crippen molar-refractivity contribution in [2.24, 2.45) is 0 Å². The largest absolute Gasteiger partial charge is 0.465 e. The lowest BCUT2D eigenvalue weighted by molar-refractivity contribution is -0.385. The number of rotatable bonds is 7. The maximum Gasteiger partial charge on any atom is 0.308 e. The predicted octanol–water partition coefficient (Wildman–Crippen LogP) is 1.59. The third-order valence-electron chi connectivity index (χ3n) is 5.01. The minimum Gasteiger partial charge on any atom is -0.465 e. The fourth-order valence-electron chi connectivity index (χ4n) is 3.37. The first kappa shape index (κ1) is 23.8. The molecule has 1 atom stereocenters. The van der Waals surface area contributed by atoms with Crippen LogP contribution in [0.25, 0.3) is 0 Å². The van der Waals surface area contributed by atoms with Crippen molar-refractivity contribution < 1.29 is 24.0 Å². The number of nitrogens with zero attached hydrogens (tertiary/aromatic N) is 2. The second-order valence-electron chi connectivity index (χ2n) is 7.19. The zero-order valence-electron chi connectivity index (χ0n) is 17.6. The van der Waals surface area contributed by atoms with Gasteiger partial charge in [0.05, 0.1) is 18.0 Å². The zero-order valence-corrected chi connectivity index (χ0v) is 18.4. The van der Waals surface area contributed by atoms with Crippen LogP contribution in [0.5, 0.6) is 0 Å². The molecule has 1 unspecified atom stereocenters. The van der Waals surface area contributed by atoms with E-state index in [9.17, 15) is 24.5 Å². The molecule has 1 fully saturated rings. The number of hydrogen-bond donors (Lipinski definition) is 2. The van der Waals surface area contributed by atoms with E-state index in [-0.39, 0.29) is 42.5 Å². The summed E-state index contributed by atoms with van der Waals surface area (Å²) >= 11 is 5.29. The van der Waals surface area contributed by atoms with Crippen LogP contribution in [-0.4, -0.2) is 58.5 Å². The van der Waals surface area contributed by atoms with Gasteiger partial charge in [0.1, 0.15) is 11.6 Å². The number of nitro groups is 1. The summed E-state index contributed by atoms with van der Waals surface area (Å²) in [4.78, 5) is 49.3. The Bertz CT molecular complexity index is 1060. The highest BCUT2D eigenvalue weighted by Crippen LogP contribution is 2.18. The van der Waals surface area contributed by atoms with Gasteiger partial charge < -0.3 is 15.0 Å². The summed E-state index contributed by atoms with van der Waals surface area (Å²) in [5.41, 5.74) is 0.483. The van der Waals surface area contributed by atoms with Crippen molar-refractivity contribution in [2.45, 2.75) is 18.9 Å². The van der Waals surface area contributed by atoms with Crippen molar-refractivity contribution in [3.05, 3.63) is 75.8 Å². The van der Waals surface area contributed by atoms with E-state index in [0.717, 1.165) is 5.56 Å². The first-order valence-electron chi connectivity index (χ1n) is 10.2. The molecule has 33 heavy (non-hydrogen) atoms. The summed E-state index contributed by atoms with van der Waals surface area (Å²) in [6.07, 6.45) is 0.277. The van der Waals surface area contributed by atoms with E-state index < -0.39 is 28.7 Å². The summed E-state index contributed by atoms with van der Waals surface area (Å²) in [5, 5.41) is 16.2. The average Bonchev–Trinajstić information content (AvgIpc) is 2.81. The van der Waals surface area contributed by atoms with Crippen molar-refractivity contribution in [3.8, 4) is 0 Å². The number of hydrogen-bond acceptors (Lipinski definition) is 7. The number of piperazine rings is 1. The van der Waals surface area contributed by atoms with Gasteiger partial charge in [0.15, 0.2) is 5.11 Å². The van der Waals surface area contributed by atoms with Gasteiger partial charge in [-0.25, -0.2) is 0 Å². The van der Waals surface area contributed by atoms with E-state index >= 15 is 0 Å². The molecule has 1 aliphatic rings. The Labute approximate surface area is 195 Å². The third kappa shape index (κ3) is 6.32. The monoisotopic (exact) mass is 470 g/mol. The van der Waals surface area contributed by atoms with Gasteiger partial charge in [0, 0.05) is 25.6 Å². The molecular formula is C22H22N4O6S. The Morgan fingerprint density at radius 2 is 1.88 bits per heavy atom. The van der Waals surface area contributed by atoms with Gasteiger partial charge in [-0.05, 0) is 23.8 Å². The fourth-order valence-corrected chi connectivity index (χ4v) is 3.68. The topological polar surface area (TPSA) is 131 Å². The molecule has 10 nitrogen and oxygen atoms in total. The molecule has 0 spiro atoms. The quantitative estimate of drug-likeness (QED) is 0.270. The number of para-hydroxylation sites is 1. The van der Waals surface area contributed by atoms with Gasteiger partial charge in [-0.15, -0.1) is 0 Å². The molecule has 0 radical (unpaired) electrons. The van der Waals surface area contributed by atoms with Gasteiger partial charge in [-0.1, -0.05) is 42.5 Å². The second-order valence-corrected chi connectivity index (χ2v) is 7.58. The van der Waals surface area contributed by atoms with Crippen LogP contribution >= 0.6 is 12.2 Å². The minimum atomic E-state index is -0.971. The van der Waals surface area contributed by atoms with E-state index in [4.69, 9.17) is 17.0 Å². The first-order valence-corrected chi connectivity index (χ1v) is 10.6. The molecule has 0 bridgehead atoms. The molecule has 0 aliphatic carbocycles. The lowest BCUT2D eigenvalue weighted by Crippen LogP contribution is -2.60. The Hall–Kier alpha value is -3.86. The SMILES string of the molecule is O=C(CC1C(=O)NCCN1C(=S)NC(=O)c1ccccc1[N+](=O)[O-])OCCc1ccccc1. The van der Waals surface area contributed by atoms with E-state index in [1.165, 1.54) is 29.2 Å². The standard InChI is InChI=1S/C22H22N4O6S/c27-19(32-13-10-15-6-2-1-3-7-15)14-18-21(29)23-11-12-25(18)22(33)24-20(28)16-8-4-5-9-17(16)26(30)31/h1-9,18H,10-14H2,(H,23,29)(H,24,28,33). The molecular weight excluding hydrogens is 448 g/mol. The number of amides is 2. The maximum atomic E-state index is 12.6. The number of benzene rings is 2.